The van der Waals surface area contributed by atoms with Crippen LogP contribution in [0.25, 0.3) is 0 Å². The lowest BCUT2D eigenvalue weighted by Crippen LogP contribution is -2.12. The van der Waals surface area contributed by atoms with Crippen LogP contribution in [0.15, 0.2) is 18.2 Å². The highest BCUT2D eigenvalue weighted by atomic mass is 16.5. The van der Waals surface area contributed by atoms with Gasteiger partial charge in [0.1, 0.15) is 0 Å². The van der Waals surface area contributed by atoms with Gasteiger partial charge in [-0.05, 0) is 25.0 Å². The van der Waals surface area contributed by atoms with Crippen LogP contribution in [0.1, 0.15) is 29.8 Å². The molecule has 0 bridgehead atoms. The number of nitrogens with one attached hydrogen (secondary N) is 1. The predicted molar refractivity (Wildman–Crippen MR) is 65.8 cm³/mol. The second kappa shape index (κ2) is 5.54. The van der Waals surface area contributed by atoms with Gasteiger partial charge in [-0.3, -0.25) is 0 Å². The third-order valence-electron chi connectivity index (χ3n) is 2.28. The molecule has 0 spiro atoms. The van der Waals surface area contributed by atoms with Crippen molar-refractivity contribution in [1.29, 1.82) is 0 Å². The van der Waals surface area contributed by atoms with Gasteiger partial charge >= 0.3 is 5.97 Å². The van der Waals surface area contributed by atoms with E-state index in [0.29, 0.717) is 11.5 Å². The molecule has 16 heavy (non-hydrogen) atoms. The summed E-state index contributed by atoms with van der Waals surface area (Å²) < 4.78 is 4.76. The Morgan fingerprint density at radius 1 is 1.44 bits per heavy atom. The molecule has 0 saturated heterocycles. The molecule has 0 aromatic heterocycles. The average Bonchev–Trinajstić information content (AvgIpc) is 2.26. The zero-order valence-corrected chi connectivity index (χ0v) is 10.3. The summed E-state index contributed by atoms with van der Waals surface area (Å²) >= 11 is 0. The number of aryl methyl sites for hydroxylation is 1. The predicted octanol–water partition coefficient (Wildman–Crippen LogP) is 2.85. The van der Waals surface area contributed by atoms with Crippen molar-refractivity contribution >= 4 is 11.7 Å². The highest BCUT2D eigenvalue weighted by Gasteiger charge is 2.11. The molecule has 0 radical (unpaired) electrons. The molecule has 0 aliphatic heterocycles. The summed E-state index contributed by atoms with van der Waals surface area (Å²) in [5.41, 5.74) is 2.49. The summed E-state index contributed by atoms with van der Waals surface area (Å²) in [6, 6.07) is 5.74. The summed E-state index contributed by atoms with van der Waals surface area (Å²) in [4.78, 5) is 11.6. The first kappa shape index (κ1) is 12.6. The van der Waals surface area contributed by atoms with E-state index in [1.54, 1.807) is 0 Å². The minimum atomic E-state index is -0.296. The van der Waals surface area contributed by atoms with Gasteiger partial charge in [-0.25, -0.2) is 4.79 Å². The van der Waals surface area contributed by atoms with Crippen molar-refractivity contribution in [2.24, 2.45) is 5.92 Å². The summed E-state index contributed by atoms with van der Waals surface area (Å²) in [7, 11) is 1.40. The first-order chi connectivity index (χ1) is 7.54. The zero-order chi connectivity index (χ0) is 12.1. The topological polar surface area (TPSA) is 38.3 Å². The van der Waals surface area contributed by atoms with E-state index in [-0.39, 0.29) is 5.97 Å². The monoisotopic (exact) mass is 221 g/mol. The molecule has 0 unspecified atom stereocenters. The maximum Gasteiger partial charge on any atom is 0.339 e. The van der Waals surface area contributed by atoms with Gasteiger partial charge in [0.2, 0.25) is 0 Å². The summed E-state index contributed by atoms with van der Waals surface area (Å²) in [6.45, 7) is 7.05. The van der Waals surface area contributed by atoms with Crippen molar-refractivity contribution in [1.82, 2.24) is 0 Å². The molecular formula is C13H19NO2. The van der Waals surface area contributed by atoms with Gasteiger partial charge in [-0.2, -0.15) is 0 Å². The van der Waals surface area contributed by atoms with Crippen LogP contribution in [-0.2, 0) is 4.74 Å². The van der Waals surface area contributed by atoms with E-state index in [1.165, 1.54) is 7.11 Å². The fourth-order valence-electron chi connectivity index (χ4n) is 1.41. The molecule has 0 heterocycles. The minimum absolute atomic E-state index is 0.296. The molecule has 0 fully saturated rings. The molecule has 1 aromatic carbocycles. The fraction of sp³-hybridized carbons (Fsp3) is 0.462. The van der Waals surface area contributed by atoms with Crippen LogP contribution in [0.4, 0.5) is 5.69 Å². The fourth-order valence-corrected chi connectivity index (χ4v) is 1.41. The lowest BCUT2D eigenvalue weighted by atomic mass is 10.1. The normalized spacial score (nSPS) is 10.3. The average molecular weight is 221 g/mol. The van der Waals surface area contributed by atoms with Crippen molar-refractivity contribution in [2.45, 2.75) is 20.8 Å². The largest absolute Gasteiger partial charge is 0.465 e. The summed E-state index contributed by atoms with van der Waals surface area (Å²) in [6.07, 6.45) is 0. The Morgan fingerprint density at radius 2 is 2.12 bits per heavy atom. The van der Waals surface area contributed by atoms with Crippen LogP contribution in [0.2, 0.25) is 0 Å². The number of hydrogen-bond acceptors (Lipinski definition) is 3. The summed E-state index contributed by atoms with van der Waals surface area (Å²) in [5, 5.41) is 3.25. The number of ether oxygens (including phenoxy) is 1. The van der Waals surface area contributed by atoms with Gasteiger partial charge in [0, 0.05) is 12.2 Å². The lowest BCUT2D eigenvalue weighted by molar-refractivity contribution is 0.0601. The van der Waals surface area contributed by atoms with Crippen LogP contribution in [-0.4, -0.2) is 19.6 Å². The Balaban J connectivity index is 2.93. The van der Waals surface area contributed by atoms with Crippen molar-refractivity contribution in [3.63, 3.8) is 0 Å². The number of carbonyl (C=O) groups excluding carboxylic acids is 1. The highest BCUT2D eigenvalue weighted by Crippen LogP contribution is 2.18. The standard InChI is InChI=1S/C13H19NO2/c1-9(2)8-14-12-6-5-10(3)7-11(12)13(15)16-4/h5-7,9,14H,8H2,1-4H3. The quantitative estimate of drug-likeness (QED) is 0.794. The summed E-state index contributed by atoms with van der Waals surface area (Å²) in [5.74, 6) is 0.238. The molecule has 0 aliphatic carbocycles. The molecule has 1 N–H and O–H groups in total. The third-order valence-corrected chi connectivity index (χ3v) is 2.28. The number of esters is 1. The molecule has 0 saturated carbocycles. The van der Waals surface area contributed by atoms with Crippen molar-refractivity contribution in [3.8, 4) is 0 Å². The van der Waals surface area contributed by atoms with Crippen LogP contribution in [0.5, 0.6) is 0 Å². The van der Waals surface area contributed by atoms with E-state index in [2.05, 4.69) is 19.2 Å². The highest BCUT2D eigenvalue weighted by molar-refractivity contribution is 5.95. The van der Waals surface area contributed by atoms with Gasteiger partial charge in [0.05, 0.1) is 12.7 Å². The van der Waals surface area contributed by atoms with E-state index in [4.69, 9.17) is 4.74 Å². The van der Waals surface area contributed by atoms with Gasteiger partial charge in [-0.15, -0.1) is 0 Å². The number of benzene rings is 1. The molecule has 1 rings (SSSR count). The second-order valence-electron chi connectivity index (χ2n) is 4.32. The Bertz CT molecular complexity index is 372. The van der Waals surface area contributed by atoms with E-state index in [1.807, 2.05) is 25.1 Å². The Kier molecular flexibility index (Phi) is 4.35. The molecule has 3 nitrogen and oxygen atoms in total. The smallest absolute Gasteiger partial charge is 0.339 e. The number of anilines is 1. The first-order valence-corrected chi connectivity index (χ1v) is 5.47. The molecule has 1 aromatic rings. The van der Waals surface area contributed by atoms with Crippen LogP contribution in [0.3, 0.4) is 0 Å². The Labute approximate surface area is 96.8 Å². The maximum atomic E-state index is 11.6. The number of hydrogen-bond donors (Lipinski definition) is 1. The molecule has 88 valence electrons. The SMILES string of the molecule is COC(=O)c1cc(C)ccc1NCC(C)C. The van der Waals surface area contributed by atoms with Gasteiger partial charge in [0.15, 0.2) is 0 Å². The maximum absolute atomic E-state index is 11.6. The molecule has 3 heteroatoms. The molecule has 0 aliphatic rings. The van der Waals surface area contributed by atoms with E-state index >= 15 is 0 Å². The van der Waals surface area contributed by atoms with E-state index in [9.17, 15) is 4.79 Å². The first-order valence-electron chi connectivity index (χ1n) is 5.47. The Morgan fingerprint density at radius 3 is 2.69 bits per heavy atom. The number of carbonyl (C=O) groups is 1. The van der Waals surface area contributed by atoms with Crippen molar-refractivity contribution in [3.05, 3.63) is 29.3 Å². The zero-order valence-electron chi connectivity index (χ0n) is 10.3. The third kappa shape index (κ3) is 3.26. The van der Waals surface area contributed by atoms with Crippen LogP contribution in [0, 0.1) is 12.8 Å². The van der Waals surface area contributed by atoms with Crippen LogP contribution >= 0.6 is 0 Å². The Hall–Kier alpha value is -1.51. The number of methoxy groups -OCH3 is 1. The second-order valence-corrected chi connectivity index (χ2v) is 4.32. The van der Waals surface area contributed by atoms with Gasteiger partial charge in [0.25, 0.3) is 0 Å². The minimum Gasteiger partial charge on any atom is -0.465 e. The van der Waals surface area contributed by atoms with Crippen molar-refractivity contribution < 1.29 is 9.53 Å². The molecular weight excluding hydrogens is 202 g/mol. The lowest BCUT2D eigenvalue weighted by Gasteiger charge is -2.13. The van der Waals surface area contributed by atoms with Crippen molar-refractivity contribution in [2.75, 3.05) is 19.0 Å². The molecule has 0 atom stereocenters. The van der Waals surface area contributed by atoms with Gasteiger partial charge < -0.3 is 10.1 Å². The van der Waals surface area contributed by atoms with E-state index < -0.39 is 0 Å². The van der Waals surface area contributed by atoms with Gasteiger partial charge in [-0.1, -0.05) is 25.5 Å². The van der Waals surface area contributed by atoms with Crippen LogP contribution < -0.4 is 5.32 Å². The number of rotatable bonds is 4. The molecule has 0 amide bonds. The van der Waals surface area contributed by atoms with E-state index in [0.717, 1.165) is 17.8 Å².